The summed E-state index contributed by atoms with van der Waals surface area (Å²) >= 11 is 0. The van der Waals surface area contributed by atoms with E-state index in [9.17, 15) is 9.59 Å². The Kier molecular flexibility index (Phi) is 8.35. The van der Waals surface area contributed by atoms with Gasteiger partial charge in [0.2, 0.25) is 5.91 Å². The molecule has 0 aromatic carbocycles. The summed E-state index contributed by atoms with van der Waals surface area (Å²) in [5.74, 6) is 0.226. The van der Waals surface area contributed by atoms with Crippen molar-refractivity contribution in [2.45, 2.75) is 52.4 Å². The number of carboxylic acids is 1. The Morgan fingerprint density at radius 1 is 1.14 bits per heavy atom. The number of amides is 1. The van der Waals surface area contributed by atoms with Gasteiger partial charge in [-0.2, -0.15) is 0 Å². The largest absolute Gasteiger partial charge is 0.481 e. The number of rotatable bonds is 9. The minimum absolute atomic E-state index is 0.262. The maximum Gasteiger partial charge on any atom is 0.303 e. The van der Waals surface area contributed by atoms with Gasteiger partial charge in [-0.15, -0.1) is 0 Å². The summed E-state index contributed by atoms with van der Waals surface area (Å²) in [6, 6.07) is 0. The monoisotopic (exact) mass is 298 g/mol. The van der Waals surface area contributed by atoms with Crippen LogP contribution in [-0.2, 0) is 9.59 Å². The summed E-state index contributed by atoms with van der Waals surface area (Å²) in [6.45, 7) is 8.63. The zero-order chi connectivity index (χ0) is 15.7. The van der Waals surface area contributed by atoms with Crippen LogP contribution in [0.4, 0.5) is 0 Å². The molecule has 0 bridgehead atoms. The molecule has 0 aromatic rings. The first-order valence-electron chi connectivity index (χ1n) is 8.28. The van der Waals surface area contributed by atoms with Crippen LogP contribution in [0.2, 0.25) is 0 Å². The molecule has 1 N–H and O–H groups in total. The molecule has 1 aliphatic rings. The molecule has 122 valence electrons. The van der Waals surface area contributed by atoms with Crippen LogP contribution in [0.25, 0.3) is 0 Å². The van der Waals surface area contributed by atoms with Crippen LogP contribution in [0, 0.1) is 5.92 Å². The molecule has 5 nitrogen and oxygen atoms in total. The first-order chi connectivity index (χ1) is 10.1. The van der Waals surface area contributed by atoms with Crippen LogP contribution >= 0.6 is 0 Å². The molecule has 0 aliphatic carbocycles. The number of piperidine rings is 1. The predicted octanol–water partition coefficient (Wildman–Crippen LogP) is 2.21. The molecule has 1 saturated heterocycles. The third-order valence-corrected chi connectivity index (χ3v) is 4.45. The minimum Gasteiger partial charge on any atom is -0.481 e. The third kappa shape index (κ3) is 6.93. The summed E-state index contributed by atoms with van der Waals surface area (Å²) in [6.07, 6.45) is 4.94. The van der Waals surface area contributed by atoms with Crippen molar-refractivity contribution in [3.8, 4) is 0 Å². The Hall–Kier alpha value is -1.10. The number of likely N-dealkylation sites (tertiary alicyclic amines) is 1. The summed E-state index contributed by atoms with van der Waals surface area (Å²) in [7, 11) is 0. The van der Waals surface area contributed by atoms with Crippen LogP contribution in [0.15, 0.2) is 0 Å². The number of aliphatic carboxylic acids is 1. The fraction of sp³-hybridized carbons (Fsp3) is 0.875. The van der Waals surface area contributed by atoms with E-state index >= 15 is 0 Å². The molecular weight excluding hydrogens is 268 g/mol. The van der Waals surface area contributed by atoms with Gasteiger partial charge in [0, 0.05) is 25.9 Å². The Morgan fingerprint density at radius 2 is 1.76 bits per heavy atom. The zero-order valence-corrected chi connectivity index (χ0v) is 13.5. The highest BCUT2D eigenvalue weighted by atomic mass is 16.4. The number of hydrogen-bond donors (Lipinski definition) is 1. The molecule has 0 unspecified atom stereocenters. The van der Waals surface area contributed by atoms with Crippen molar-refractivity contribution in [3.05, 3.63) is 0 Å². The lowest BCUT2D eigenvalue weighted by molar-refractivity contribution is -0.137. The molecule has 0 saturated carbocycles. The van der Waals surface area contributed by atoms with E-state index in [1.807, 2.05) is 18.7 Å². The van der Waals surface area contributed by atoms with Crippen LogP contribution in [0.3, 0.4) is 0 Å². The lowest BCUT2D eigenvalue weighted by atomic mass is 9.92. The maximum atomic E-state index is 12.0. The lowest BCUT2D eigenvalue weighted by Gasteiger charge is -2.32. The van der Waals surface area contributed by atoms with Crippen molar-refractivity contribution >= 4 is 11.9 Å². The van der Waals surface area contributed by atoms with Crippen molar-refractivity contribution in [1.29, 1.82) is 0 Å². The van der Waals surface area contributed by atoms with Gasteiger partial charge < -0.3 is 14.9 Å². The fourth-order valence-corrected chi connectivity index (χ4v) is 3.01. The number of carboxylic acid groups (broad SMARTS) is 1. The smallest absolute Gasteiger partial charge is 0.303 e. The van der Waals surface area contributed by atoms with Crippen LogP contribution in [0.1, 0.15) is 52.4 Å². The van der Waals surface area contributed by atoms with Gasteiger partial charge in [-0.1, -0.05) is 0 Å². The van der Waals surface area contributed by atoms with E-state index in [1.165, 1.54) is 0 Å². The number of carbonyl (C=O) groups excluding carboxylic acids is 1. The Balaban J connectivity index is 2.15. The molecule has 5 heteroatoms. The quantitative estimate of drug-likeness (QED) is 0.709. The predicted molar refractivity (Wildman–Crippen MR) is 83.2 cm³/mol. The SMILES string of the molecule is CCN(CC)C(=O)CCC1CCN(CCCC(=O)O)CC1. The molecular formula is C16H30N2O3. The molecule has 1 heterocycles. The fourth-order valence-electron chi connectivity index (χ4n) is 3.01. The molecule has 0 atom stereocenters. The van der Waals surface area contributed by atoms with Gasteiger partial charge in [0.25, 0.3) is 0 Å². The van der Waals surface area contributed by atoms with E-state index < -0.39 is 5.97 Å². The number of carbonyl (C=O) groups is 2. The molecule has 0 radical (unpaired) electrons. The Labute approximate surface area is 128 Å². The standard InChI is InChI=1S/C16H30N2O3/c1-3-18(4-2)15(19)8-7-14-9-12-17(13-10-14)11-5-6-16(20)21/h14H,3-13H2,1-2H3,(H,20,21). The Bertz CT molecular complexity index is 321. The molecule has 1 aliphatic heterocycles. The molecule has 21 heavy (non-hydrogen) atoms. The van der Waals surface area contributed by atoms with Crippen LogP contribution in [0.5, 0.6) is 0 Å². The number of nitrogens with zero attached hydrogens (tertiary/aromatic N) is 2. The van der Waals surface area contributed by atoms with Crippen molar-refractivity contribution < 1.29 is 14.7 Å². The average molecular weight is 298 g/mol. The summed E-state index contributed by atoms with van der Waals surface area (Å²) in [5, 5.41) is 8.64. The van der Waals surface area contributed by atoms with Crippen molar-refractivity contribution in [2.75, 3.05) is 32.7 Å². The van der Waals surface area contributed by atoms with E-state index in [-0.39, 0.29) is 12.3 Å². The molecule has 0 spiro atoms. The van der Waals surface area contributed by atoms with Gasteiger partial charge in [-0.25, -0.2) is 0 Å². The van der Waals surface area contributed by atoms with E-state index in [4.69, 9.17) is 5.11 Å². The number of hydrogen-bond acceptors (Lipinski definition) is 3. The lowest BCUT2D eigenvalue weighted by Crippen LogP contribution is -2.35. The molecule has 1 amide bonds. The first-order valence-corrected chi connectivity index (χ1v) is 8.28. The van der Waals surface area contributed by atoms with E-state index in [1.54, 1.807) is 0 Å². The normalized spacial score (nSPS) is 16.9. The van der Waals surface area contributed by atoms with Gasteiger partial charge >= 0.3 is 5.97 Å². The van der Waals surface area contributed by atoms with E-state index in [0.717, 1.165) is 58.4 Å². The summed E-state index contributed by atoms with van der Waals surface area (Å²) in [4.78, 5) is 26.7. The van der Waals surface area contributed by atoms with Gasteiger partial charge in [-0.05, 0) is 65.1 Å². The summed E-state index contributed by atoms with van der Waals surface area (Å²) in [5.41, 5.74) is 0. The highest BCUT2D eigenvalue weighted by Crippen LogP contribution is 2.22. The minimum atomic E-state index is -0.709. The maximum absolute atomic E-state index is 12.0. The topological polar surface area (TPSA) is 60.9 Å². The molecule has 1 rings (SSSR count). The van der Waals surface area contributed by atoms with Gasteiger partial charge in [0.15, 0.2) is 0 Å². The van der Waals surface area contributed by atoms with E-state index in [2.05, 4.69) is 4.90 Å². The van der Waals surface area contributed by atoms with E-state index in [0.29, 0.717) is 12.3 Å². The van der Waals surface area contributed by atoms with Gasteiger partial charge in [0.1, 0.15) is 0 Å². The second-order valence-corrected chi connectivity index (χ2v) is 5.89. The van der Waals surface area contributed by atoms with Crippen molar-refractivity contribution in [1.82, 2.24) is 9.80 Å². The highest BCUT2D eigenvalue weighted by Gasteiger charge is 2.20. The van der Waals surface area contributed by atoms with Crippen molar-refractivity contribution in [2.24, 2.45) is 5.92 Å². The first kappa shape index (κ1) is 18.0. The Morgan fingerprint density at radius 3 is 2.29 bits per heavy atom. The van der Waals surface area contributed by atoms with Crippen LogP contribution < -0.4 is 0 Å². The molecule has 1 fully saturated rings. The average Bonchev–Trinajstić information content (AvgIpc) is 2.47. The van der Waals surface area contributed by atoms with Crippen molar-refractivity contribution in [3.63, 3.8) is 0 Å². The van der Waals surface area contributed by atoms with Crippen LogP contribution in [-0.4, -0.2) is 59.5 Å². The molecule has 0 aromatic heterocycles. The second-order valence-electron chi connectivity index (χ2n) is 5.89. The summed E-state index contributed by atoms with van der Waals surface area (Å²) < 4.78 is 0. The third-order valence-electron chi connectivity index (χ3n) is 4.45. The zero-order valence-electron chi connectivity index (χ0n) is 13.5. The van der Waals surface area contributed by atoms with Gasteiger partial charge in [-0.3, -0.25) is 9.59 Å². The second kappa shape index (κ2) is 9.77. The highest BCUT2D eigenvalue weighted by molar-refractivity contribution is 5.76. The van der Waals surface area contributed by atoms with Gasteiger partial charge in [0.05, 0.1) is 0 Å².